The third kappa shape index (κ3) is 12.5. The van der Waals surface area contributed by atoms with Crippen LogP contribution < -0.4 is 5.32 Å². The Hall–Kier alpha value is -0.570. The van der Waals surface area contributed by atoms with E-state index in [2.05, 4.69) is 19.2 Å². The van der Waals surface area contributed by atoms with Crippen LogP contribution in [-0.4, -0.2) is 17.4 Å². The van der Waals surface area contributed by atoms with E-state index < -0.39 is 0 Å². The Balaban J connectivity index is 0. The molecule has 3 heteroatoms. The lowest BCUT2D eigenvalue weighted by Gasteiger charge is -2.13. The van der Waals surface area contributed by atoms with Crippen molar-refractivity contribution in [2.24, 2.45) is 5.92 Å². The lowest BCUT2D eigenvalue weighted by molar-refractivity contribution is -0.124. The van der Waals surface area contributed by atoms with Gasteiger partial charge in [-0.15, -0.1) is 0 Å². The number of carbonyl (C=O) groups is 1. The van der Waals surface area contributed by atoms with E-state index in [0.29, 0.717) is 6.04 Å². The van der Waals surface area contributed by atoms with Crippen LogP contribution in [0.4, 0.5) is 0 Å². The maximum Gasteiger partial charge on any atom is 0.222 e. The van der Waals surface area contributed by atoms with E-state index in [0.717, 1.165) is 0 Å². The SMILES string of the molecule is C1CCCC1.CC(C)C(=O)NC1CCCC1.CCC.O. The van der Waals surface area contributed by atoms with Gasteiger partial charge in [-0.1, -0.05) is 79.1 Å². The summed E-state index contributed by atoms with van der Waals surface area (Å²) in [5.74, 6) is 0.340. The molecular formula is C17H37NO2. The average molecular weight is 287 g/mol. The summed E-state index contributed by atoms with van der Waals surface area (Å²) in [6.07, 6.45) is 13.7. The van der Waals surface area contributed by atoms with Crippen LogP contribution >= 0.6 is 0 Å². The minimum Gasteiger partial charge on any atom is -0.412 e. The van der Waals surface area contributed by atoms with Crippen LogP contribution in [-0.2, 0) is 4.79 Å². The fourth-order valence-electron chi connectivity index (χ4n) is 2.32. The highest BCUT2D eigenvalue weighted by molar-refractivity contribution is 5.78. The van der Waals surface area contributed by atoms with E-state index in [1.54, 1.807) is 0 Å². The molecule has 1 amide bonds. The molecule has 0 atom stereocenters. The fourth-order valence-corrected chi connectivity index (χ4v) is 2.32. The minimum atomic E-state index is 0. The lowest BCUT2D eigenvalue weighted by Crippen LogP contribution is -2.35. The lowest BCUT2D eigenvalue weighted by atomic mass is 10.2. The minimum absolute atomic E-state index is 0. The molecular weight excluding hydrogens is 250 g/mol. The molecule has 2 saturated carbocycles. The second-order valence-electron chi connectivity index (χ2n) is 6.12. The van der Waals surface area contributed by atoms with Crippen molar-refractivity contribution in [2.45, 2.75) is 97.9 Å². The maximum atomic E-state index is 11.2. The van der Waals surface area contributed by atoms with E-state index in [4.69, 9.17) is 0 Å². The Kier molecular flexibility index (Phi) is 16.1. The first-order valence-electron chi connectivity index (χ1n) is 8.42. The van der Waals surface area contributed by atoms with E-state index in [-0.39, 0.29) is 17.3 Å². The number of rotatable bonds is 2. The molecule has 0 heterocycles. The molecule has 20 heavy (non-hydrogen) atoms. The normalized spacial score (nSPS) is 17.4. The van der Waals surface area contributed by atoms with Crippen molar-refractivity contribution in [3.05, 3.63) is 0 Å². The maximum absolute atomic E-state index is 11.2. The molecule has 2 aliphatic rings. The Morgan fingerprint density at radius 1 is 0.950 bits per heavy atom. The molecule has 0 unspecified atom stereocenters. The number of hydrogen-bond acceptors (Lipinski definition) is 1. The van der Waals surface area contributed by atoms with Gasteiger partial charge >= 0.3 is 0 Å². The number of nitrogens with one attached hydrogen (secondary N) is 1. The van der Waals surface area contributed by atoms with Gasteiger partial charge in [0, 0.05) is 12.0 Å². The molecule has 2 fully saturated rings. The molecule has 0 aliphatic heterocycles. The summed E-state index contributed by atoms with van der Waals surface area (Å²) in [5.41, 5.74) is 0. The van der Waals surface area contributed by atoms with Gasteiger partial charge in [0.15, 0.2) is 0 Å². The monoisotopic (exact) mass is 287 g/mol. The zero-order valence-electron chi connectivity index (χ0n) is 14.1. The predicted molar refractivity (Wildman–Crippen MR) is 87.9 cm³/mol. The van der Waals surface area contributed by atoms with Crippen LogP contribution in [0.25, 0.3) is 0 Å². The van der Waals surface area contributed by atoms with Crippen molar-refractivity contribution in [1.29, 1.82) is 0 Å². The van der Waals surface area contributed by atoms with Gasteiger partial charge in [0.25, 0.3) is 0 Å². The molecule has 2 rings (SSSR count). The van der Waals surface area contributed by atoms with Gasteiger partial charge < -0.3 is 10.8 Å². The molecule has 3 N–H and O–H groups in total. The second kappa shape index (κ2) is 14.8. The van der Waals surface area contributed by atoms with Crippen LogP contribution in [0, 0.1) is 5.92 Å². The standard InChI is InChI=1S/C9H17NO.C5H10.C3H8.H2O/c1-7(2)9(11)10-8-5-3-4-6-8;1-2-4-5-3-1;1-3-2;/h7-8H,3-6H2,1-2H3,(H,10,11);1-5H2;3H2,1-2H3;1H2. The second-order valence-corrected chi connectivity index (χ2v) is 6.12. The van der Waals surface area contributed by atoms with Crippen LogP contribution in [0.15, 0.2) is 0 Å². The van der Waals surface area contributed by atoms with Gasteiger partial charge in [0.1, 0.15) is 0 Å². The quantitative estimate of drug-likeness (QED) is 0.811. The first-order valence-corrected chi connectivity index (χ1v) is 8.42. The number of carbonyl (C=O) groups excluding carboxylic acids is 1. The fraction of sp³-hybridized carbons (Fsp3) is 0.941. The molecule has 3 nitrogen and oxygen atoms in total. The Labute approximate surface area is 126 Å². The predicted octanol–water partition coefficient (Wildman–Crippen LogP) is 4.24. The smallest absolute Gasteiger partial charge is 0.222 e. The highest BCUT2D eigenvalue weighted by Gasteiger charge is 2.17. The summed E-state index contributed by atoms with van der Waals surface area (Å²) in [5, 5.41) is 3.04. The van der Waals surface area contributed by atoms with E-state index in [1.807, 2.05) is 13.8 Å². The van der Waals surface area contributed by atoms with E-state index >= 15 is 0 Å². The molecule has 0 aromatic carbocycles. The topological polar surface area (TPSA) is 60.6 Å². The van der Waals surface area contributed by atoms with Crippen LogP contribution in [0.1, 0.15) is 91.9 Å². The average Bonchev–Trinajstić information content (AvgIpc) is 3.05. The summed E-state index contributed by atoms with van der Waals surface area (Å²) >= 11 is 0. The first kappa shape index (κ1) is 21.7. The van der Waals surface area contributed by atoms with Gasteiger partial charge in [0.2, 0.25) is 5.91 Å². The zero-order chi connectivity index (χ0) is 14.5. The van der Waals surface area contributed by atoms with Crippen LogP contribution in [0.5, 0.6) is 0 Å². The Morgan fingerprint density at radius 3 is 1.60 bits per heavy atom. The van der Waals surface area contributed by atoms with Gasteiger partial charge in [-0.2, -0.15) is 0 Å². The number of amides is 1. The van der Waals surface area contributed by atoms with Gasteiger partial charge in [-0.25, -0.2) is 0 Å². The van der Waals surface area contributed by atoms with Crippen molar-refractivity contribution in [1.82, 2.24) is 5.32 Å². The van der Waals surface area contributed by atoms with Gasteiger partial charge in [-0.3, -0.25) is 4.79 Å². The first-order chi connectivity index (χ1) is 9.11. The molecule has 0 aromatic heterocycles. The number of hydrogen-bond donors (Lipinski definition) is 1. The Bertz CT molecular complexity index is 199. The molecule has 0 saturated heterocycles. The van der Waals surface area contributed by atoms with E-state index in [1.165, 1.54) is 64.2 Å². The van der Waals surface area contributed by atoms with Crippen molar-refractivity contribution >= 4 is 5.91 Å². The largest absolute Gasteiger partial charge is 0.412 e. The third-order valence-corrected chi connectivity index (χ3v) is 3.48. The molecule has 0 radical (unpaired) electrons. The van der Waals surface area contributed by atoms with Crippen molar-refractivity contribution in [3.8, 4) is 0 Å². The summed E-state index contributed by atoms with van der Waals surface area (Å²) in [7, 11) is 0. The zero-order valence-corrected chi connectivity index (χ0v) is 14.1. The van der Waals surface area contributed by atoms with Crippen LogP contribution in [0.3, 0.4) is 0 Å². The summed E-state index contributed by atoms with van der Waals surface area (Å²) in [6.45, 7) is 8.12. The van der Waals surface area contributed by atoms with Crippen molar-refractivity contribution in [2.75, 3.05) is 0 Å². The van der Waals surface area contributed by atoms with Gasteiger partial charge in [-0.05, 0) is 12.8 Å². The molecule has 0 bridgehead atoms. The summed E-state index contributed by atoms with van der Waals surface area (Å²) < 4.78 is 0. The Morgan fingerprint density at radius 2 is 1.30 bits per heavy atom. The van der Waals surface area contributed by atoms with Crippen LogP contribution in [0.2, 0.25) is 0 Å². The molecule has 2 aliphatic carbocycles. The highest BCUT2D eigenvalue weighted by atomic mass is 16.1. The molecule has 122 valence electrons. The third-order valence-electron chi connectivity index (χ3n) is 3.48. The summed E-state index contributed by atoms with van der Waals surface area (Å²) in [4.78, 5) is 11.2. The van der Waals surface area contributed by atoms with Crippen molar-refractivity contribution < 1.29 is 10.3 Å². The molecule has 0 spiro atoms. The van der Waals surface area contributed by atoms with Crippen molar-refractivity contribution in [3.63, 3.8) is 0 Å². The van der Waals surface area contributed by atoms with E-state index in [9.17, 15) is 4.79 Å². The highest BCUT2D eigenvalue weighted by Crippen LogP contribution is 2.17. The molecule has 0 aromatic rings. The summed E-state index contributed by atoms with van der Waals surface area (Å²) in [6, 6.07) is 0.477. The van der Waals surface area contributed by atoms with Gasteiger partial charge in [0.05, 0.1) is 0 Å².